The maximum atomic E-state index is 15.6. The van der Waals surface area contributed by atoms with Crippen molar-refractivity contribution in [3.63, 3.8) is 0 Å². The number of carbonyl (C=O) groups is 4. The average molecular weight is 1230 g/mol. The number of anilines is 2. The molecule has 1 spiro atoms. The summed E-state index contributed by atoms with van der Waals surface area (Å²) in [4.78, 5) is 91.8. The second kappa shape index (κ2) is 22.5. The van der Waals surface area contributed by atoms with Crippen molar-refractivity contribution < 1.29 is 65.9 Å². The topological polar surface area (TPSA) is 251 Å². The summed E-state index contributed by atoms with van der Waals surface area (Å²) < 4.78 is 61.6. The smallest absolute Gasteiger partial charge is 0.336 e. The Kier molecular flexibility index (Phi) is 14.9. The van der Waals surface area contributed by atoms with Gasteiger partial charge in [0.1, 0.15) is 29.6 Å². The van der Waals surface area contributed by atoms with Crippen LogP contribution in [0.2, 0.25) is 0 Å². The summed E-state index contributed by atoms with van der Waals surface area (Å²) in [6.45, 7) is 4.78. The molecule has 0 saturated carbocycles. The number of carbonyl (C=O) groups excluding carboxylic acids is 4. The second-order valence-corrected chi connectivity index (χ2v) is 24.8. The van der Waals surface area contributed by atoms with E-state index < -0.39 is 76.1 Å². The van der Waals surface area contributed by atoms with Crippen LogP contribution in [0.3, 0.4) is 0 Å². The quantitative estimate of drug-likeness (QED) is 0.0762. The van der Waals surface area contributed by atoms with Gasteiger partial charge in [0.25, 0.3) is 0 Å². The van der Waals surface area contributed by atoms with Crippen molar-refractivity contribution in [2.45, 2.75) is 87.5 Å². The zero-order chi connectivity index (χ0) is 62.6. The minimum absolute atomic E-state index is 0.0233. The van der Waals surface area contributed by atoms with Gasteiger partial charge in [0, 0.05) is 128 Å². The molecule has 5 aromatic carbocycles. The van der Waals surface area contributed by atoms with E-state index in [1.54, 1.807) is 43.3 Å². The number of thioether (sulfide) groups is 1. The molecule has 7 aliphatic heterocycles. The lowest BCUT2D eigenvalue weighted by Crippen LogP contribution is -2.69. The summed E-state index contributed by atoms with van der Waals surface area (Å²) in [5, 5.41) is 15.6. The van der Waals surface area contributed by atoms with E-state index in [4.69, 9.17) is 46.7 Å². The lowest BCUT2D eigenvalue weighted by atomic mass is 9.71. The molecule has 1 N–H and O–H groups in total. The van der Waals surface area contributed by atoms with Crippen molar-refractivity contribution in [3.8, 4) is 46.3 Å². The minimum Gasteiger partial charge on any atom is -0.493 e. The van der Waals surface area contributed by atoms with E-state index >= 15 is 4.79 Å². The molecule has 2 fully saturated rings. The number of fused-ring (bicyclic) bond motifs is 11. The second-order valence-electron chi connectivity index (χ2n) is 23.7. The molecule has 460 valence electrons. The van der Waals surface area contributed by atoms with Gasteiger partial charge in [0.2, 0.25) is 6.79 Å². The van der Waals surface area contributed by atoms with Gasteiger partial charge in [-0.25, -0.2) is 14.4 Å². The zero-order valence-corrected chi connectivity index (χ0v) is 51.5. The Bertz CT molecular complexity index is 4340. The highest BCUT2D eigenvalue weighted by atomic mass is 32.2. The van der Waals surface area contributed by atoms with E-state index in [0.29, 0.717) is 102 Å². The summed E-state index contributed by atoms with van der Waals surface area (Å²) in [5.41, 5.74) is 5.10. The van der Waals surface area contributed by atoms with Crippen LogP contribution in [0.4, 0.5) is 11.4 Å². The Hall–Kier alpha value is -9.08. The molecule has 2 saturated heterocycles. The lowest BCUT2D eigenvalue weighted by Gasteiger charge is -2.62. The van der Waals surface area contributed by atoms with Crippen LogP contribution in [0, 0.1) is 25.2 Å². The maximum Gasteiger partial charge on any atom is 0.336 e. The number of nitrogens with zero attached hydrogens (tertiary/aromatic N) is 5. The number of hydrogen-bond acceptors (Lipinski definition) is 23. The van der Waals surface area contributed by atoms with Crippen molar-refractivity contribution in [3.05, 3.63) is 143 Å². The number of hydrogen-bond donors (Lipinski definition) is 1. The third kappa shape index (κ3) is 9.74. The number of rotatable bonds is 11. The summed E-state index contributed by atoms with van der Waals surface area (Å²) in [6, 6.07) is 17.7. The van der Waals surface area contributed by atoms with Gasteiger partial charge in [0.05, 0.1) is 50.5 Å². The average Bonchev–Trinajstić information content (AvgIpc) is 1.37. The predicted molar refractivity (Wildman–Crippen MR) is 327 cm³/mol. The third-order valence-corrected chi connectivity index (χ3v) is 19.6. The van der Waals surface area contributed by atoms with E-state index in [2.05, 4.69) is 21.2 Å². The number of esters is 4. The number of ether oxygens (including phenoxy) is 8. The molecule has 0 amide bonds. The summed E-state index contributed by atoms with van der Waals surface area (Å²) in [6.07, 6.45) is 0.149. The first-order valence-corrected chi connectivity index (χ1v) is 30.2. The Balaban J connectivity index is 0.932. The Morgan fingerprint density at radius 3 is 2.02 bits per heavy atom. The van der Waals surface area contributed by atoms with Crippen LogP contribution < -0.4 is 59.5 Å². The van der Waals surface area contributed by atoms with E-state index in [1.807, 2.05) is 70.2 Å². The van der Waals surface area contributed by atoms with Gasteiger partial charge in [-0.2, -0.15) is 5.26 Å². The molecular formula is C66H64N6O16S. The highest BCUT2D eigenvalue weighted by Gasteiger charge is 2.62. The number of nitriles is 1. The number of aryl methyl sites for hydroxylation is 1. The fraction of sp³-hybridized carbons (Fsp3) is 0.379. The molecule has 7 atom stereocenters. The molecule has 7 aliphatic rings. The first-order valence-electron chi connectivity index (χ1n) is 29.1. The van der Waals surface area contributed by atoms with Crippen molar-refractivity contribution >= 4 is 69.0 Å². The monoisotopic (exact) mass is 1230 g/mol. The Morgan fingerprint density at radius 1 is 0.753 bits per heavy atom. The molecule has 0 aliphatic carbocycles. The molecule has 1 unspecified atom stereocenters. The van der Waals surface area contributed by atoms with Crippen molar-refractivity contribution in [1.29, 1.82) is 5.26 Å². The maximum absolute atomic E-state index is 15.6. The minimum atomic E-state index is -1.60. The number of piperazine rings is 1. The van der Waals surface area contributed by atoms with E-state index in [9.17, 15) is 29.2 Å². The number of benzene rings is 5. The largest absolute Gasteiger partial charge is 0.493 e. The highest BCUT2D eigenvalue weighted by Crippen LogP contribution is 2.65. The van der Waals surface area contributed by atoms with Crippen LogP contribution >= 0.6 is 11.8 Å². The van der Waals surface area contributed by atoms with Gasteiger partial charge in [-0.1, -0.05) is 6.07 Å². The Morgan fingerprint density at radius 2 is 1.40 bits per heavy atom. The molecule has 14 rings (SSSR count). The number of nitrogens with one attached hydrogen (secondary N) is 1. The van der Waals surface area contributed by atoms with Crippen molar-refractivity contribution in [2.24, 2.45) is 0 Å². The van der Waals surface area contributed by atoms with Gasteiger partial charge in [-0.3, -0.25) is 29.5 Å². The standard InChI is InChI=1S/C66H64N6O16S/c1-31-17-37-18-43-44(27-67)72-45-28-81-65(78)66(42-26-48(79-9)49(19-34(42)15-16-68-66)87-52(76)22-35-20-50(74)85-46-24-38(69(4)5)11-13-40(35)46)29-89-64(56-55(45)62-61(82-30-83-62)32(2)60(56)84-33(3)73)58(72)57(71(43)8)54(37)63(59(31)80-10)88-53(77)23-36-21-51(75)86-47-25-39(70(6)7)12-14-41(36)47/h11-14,17,19-21,24-26,43-45,57-58,64,68H,15-16,18,22-23,28-30H2,1-10H3/t43-,44+,45+,57+,58?,64-,66-/m1/s1. The molecule has 9 heterocycles. The van der Waals surface area contributed by atoms with E-state index in [0.717, 1.165) is 16.9 Å². The fourth-order valence-electron chi connectivity index (χ4n) is 14.2. The van der Waals surface area contributed by atoms with E-state index in [1.165, 1.54) is 45.0 Å². The van der Waals surface area contributed by atoms with Gasteiger partial charge in [0.15, 0.2) is 40.0 Å². The molecule has 22 nitrogen and oxygen atoms in total. The van der Waals surface area contributed by atoms with E-state index in [-0.39, 0.29) is 61.5 Å². The molecule has 89 heavy (non-hydrogen) atoms. The van der Waals surface area contributed by atoms with Crippen molar-refractivity contribution in [2.75, 3.05) is 85.0 Å². The van der Waals surface area contributed by atoms with Gasteiger partial charge in [-0.15, -0.1) is 11.8 Å². The predicted octanol–water partition coefficient (Wildman–Crippen LogP) is 7.22. The van der Waals surface area contributed by atoms with Gasteiger partial charge >= 0.3 is 35.1 Å². The highest BCUT2D eigenvalue weighted by molar-refractivity contribution is 7.99. The van der Waals surface area contributed by atoms with Gasteiger partial charge < -0.3 is 56.5 Å². The SMILES string of the molecule is COc1cc2c(cc1OC(=O)Cc1cc(=O)oc3cc(N(C)C)ccc13)CCN[C@]21CS[C@@H]2c3c(OC(C)=O)c(C)c4c(c3[C@H](COC1=O)N1C2[C@@H]2c3c(cc(C)c(OC)c3OC(=O)Cc3cc(=O)oc5cc(N(C)C)ccc35)C[C@H]([C@@H]1C#N)N2C)OCO4. The zero-order valence-electron chi connectivity index (χ0n) is 50.6. The molecule has 7 aromatic rings. The van der Waals surface area contributed by atoms with Gasteiger partial charge in [-0.05, 0) is 104 Å². The third-order valence-electron chi connectivity index (χ3n) is 18.2. The van der Waals surface area contributed by atoms with Crippen LogP contribution in [-0.4, -0.2) is 127 Å². The Labute approximate surface area is 515 Å². The molecule has 23 heteroatoms. The first kappa shape index (κ1) is 58.9. The number of methoxy groups -OCH3 is 2. The van der Waals surface area contributed by atoms with Crippen LogP contribution in [0.25, 0.3) is 21.9 Å². The van der Waals surface area contributed by atoms with Crippen LogP contribution in [0.1, 0.15) is 79.9 Å². The van der Waals surface area contributed by atoms with Crippen molar-refractivity contribution in [1.82, 2.24) is 15.1 Å². The normalized spacial score (nSPS) is 22.2. The summed E-state index contributed by atoms with van der Waals surface area (Å²) in [5.74, 6) is -0.941. The van der Waals surface area contributed by atoms with Crippen LogP contribution in [-0.2, 0) is 55.1 Å². The summed E-state index contributed by atoms with van der Waals surface area (Å²) >= 11 is 1.39. The lowest BCUT2D eigenvalue weighted by molar-refractivity contribution is -0.157. The fourth-order valence-corrected chi connectivity index (χ4v) is 15.9. The van der Waals surface area contributed by atoms with Crippen LogP contribution in [0.5, 0.6) is 40.2 Å². The number of likely N-dealkylation sites (N-methyl/N-ethyl adjacent to an activating group) is 1. The molecular weight excluding hydrogens is 1160 g/mol. The molecule has 4 bridgehead atoms. The molecule has 0 radical (unpaired) electrons. The van der Waals surface area contributed by atoms with Crippen LogP contribution in [0.15, 0.2) is 85.2 Å². The first-order chi connectivity index (χ1) is 42.7. The molecule has 2 aromatic heterocycles. The summed E-state index contributed by atoms with van der Waals surface area (Å²) in [7, 11) is 12.4.